The predicted molar refractivity (Wildman–Crippen MR) is 86.6 cm³/mol. The van der Waals surface area contributed by atoms with E-state index >= 15 is 0 Å². The monoisotopic (exact) mass is 308 g/mol. The van der Waals surface area contributed by atoms with Crippen molar-refractivity contribution in [3.63, 3.8) is 0 Å². The summed E-state index contributed by atoms with van der Waals surface area (Å²) in [4.78, 5) is 12.3. The molecular weight excluding hydrogens is 284 g/mol. The second-order valence-corrected chi connectivity index (χ2v) is 7.58. The van der Waals surface area contributed by atoms with Crippen LogP contribution in [0.15, 0.2) is 0 Å². The highest BCUT2D eigenvalue weighted by Crippen LogP contribution is 2.42. The molecule has 1 amide bonds. The smallest absolute Gasteiger partial charge is 0.273 e. The van der Waals surface area contributed by atoms with Crippen LogP contribution in [0.4, 0.5) is 5.69 Å². The Morgan fingerprint density at radius 2 is 2.14 bits per heavy atom. The lowest BCUT2D eigenvalue weighted by Crippen LogP contribution is -2.42. The molecule has 0 radical (unpaired) electrons. The lowest BCUT2D eigenvalue weighted by Gasteiger charge is -2.35. The van der Waals surface area contributed by atoms with Gasteiger partial charge in [0.2, 0.25) is 0 Å². The van der Waals surface area contributed by atoms with Gasteiger partial charge in [-0.1, -0.05) is 19.3 Å². The van der Waals surface area contributed by atoms with Crippen molar-refractivity contribution in [2.24, 2.45) is 0 Å². The summed E-state index contributed by atoms with van der Waals surface area (Å²) in [5.74, 6) is 0.338. The van der Waals surface area contributed by atoms with Crippen LogP contribution < -0.4 is 11.1 Å². The van der Waals surface area contributed by atoms with Gasteiger partial charge in [0.15, 0.2) is 5.69 Å². The number of hydrogen-bond donors (Lipinski definition) is 3. The zero-order valence-corrected chi connectivity index (χ0v) is 13.4. The summed E-state index contributed by atoms with van der Waals surface area (Å²) in [6.45, 7) is 0.706. The Bertz CT molecular complexity index is 518. The summed E-state index contributed by atoms with van der Waals surface area (Å²) >= 11 is 1.88. The van der Waals surface area contributed by atoms with E-state index < -0.39 is 0 Å². The molecule has 0 aromatic carbocycles. The second kappa shape index (κ2) is 5.91. The van der Waals surface area contributed by atoms with Gasteiger partial charge in [-0.25, -0.2) is 0 Å². The van der Waals surface area contributed by atoms with Crippen LogP contribution in [-0.4, -0.2) is 33.7 Å². The number of thioether (sulfide) groups is 1. The molecule has 21 heavy (non-hydrogen) atoms. The third-order valence-electron chi connectivity index (χ3n) is 4.80. The number of amides is 1. The van der Waals surface area contributed by atoms with E-state index in [0.29, 0.717) is 23.8 Å². The fraction of sp³-hybridized carbons (Fsp3) is 0.733. The van der Waals surface area contributed by atoms with E-state index in [1.165, 1.54) is 32.1 Å². The summed E-state index contributed by atoms with van der Waals surface area (Å²) in [5.41, 5.74) is 7.91. The number of H-pyrrole nitrogens is 1. The predicted octanol–water partition coefficient (Wildman–Crippen LogP) is 2.67. The van der Waals surface area contributed by atoms with Gasteiger partial charge in [-0.05, 0) is 31.9 Å². The van der Waals surface area contributed by atoms with Gasteiger partial charge in [0.05, 0.1) is 11.4 Å². The molecule has 2 fully saturated rings. The molecule has 2 aliphatic carbocycles. The van der Waals surface area contributed by atoms with Crippen molar-refractivity contribution >= 4 is 23.4 Å². The number of nitrogens with one attached hydrogen (secondary N) is 2. The number of anilines is 1. The van der Waals surface area contributed by atoms with E-state index in [0.717, 1.165) is 18.5 Å². The Kier molecular flexibility index (Phi) is 4.15. The van der Waals surface area contributed by atoms with E-state index in [9.17, 15) is 4.79 Å². The summed E-state index contributed by atoms with van der Waals surface area (Å²) in [7, 11) is 0. The van der Waals surface area contributed by atoms with Crippen LogP contribution in [0.1, 0.15) is 67.0 Å². The number of carbonyl (C=O) groups is 1. The number of aromatic amines is 1. The Hall–Kier alpha value is -1.17. The minimum atomic E-state index is -0.144. The van der Waals surface area contributed by atoms with Gasteiger partial charge in [-0.2, -0.15) is 16.9 Å². The molecule has 0 atom stereocenters. The standard InChI is InChI=1S/C15H24N4OS/c1-21-15(7-3-2-4-8-15)9-17-14(20)13-11(16)12(18-19-13)10-5-6-10/h10H,2-9,16H2,1H3,(H,17,20)(H,18,19). The molecule has 1 aromatic heterocycles. The number of aromatic nitrogens is 2. The molecule has 3 rings (SSSR count). The fourth-order valence-corrected chi connectivity index (χ4v) is 4.11. The normalized spacial score (nSPS) is 21.2. The molecule has 2 aliphatic rings. The maximum absolute atomic E-state index is 12.3. The quantitative estimate of drug-likeness (QED) is 0.781. The maximum atomic E-state index is 12.3. The minimum Gasteiger partial charge on any atom is -0.395 e. The number of nitrogen functional groups attached to an aromatic ring is 1. The maximum Gasteiger partial charge on any atom is 0.273 e. The Morgan fingerprint density at radius 1 is 1.43 bits per heavy atom. The molecule has 5 nitrogen and oxygen atoms in total. The zero-order valence-electron chi connectivity index (χ0n) is 12.6. The third-order valence-corrected chi connectivity index (χ3v) is 6.22. The number of nitrogens with two attached hydrogens (primary N) is 1. The molecule has 1 aromatic rings. The van der Waals surface area contributed by atoms with Crippen LogP contribution in [0, 0.1) is 0 Å². The van der Waals surface area contributed by atoms with Crippen LogP contribution in [0.25, 0.3) is 0 Å². The Balaban J connectivity index is 1.63. The summed E-state index contributed by atoms with van der Waals surface area (Å²) in [6, 6.07) is 0. The number of hydrogen-bond acceptors (Lipinski definition) is 4. The van der Waals surface area contributed by atoms with Crippen molar-refractivity contribution in [2.45, 2.75) is 55.6 Å². The topological polar surface area (TPSA) is 83.8 Å². The molecule has 4 N–H and O–H groups in total. The van der Waals surface area contributed by atoms with E-state index in [4.69, 9.17) is 5.73 Å². The largest absolute Gasteiger partial charge is 0.395 e. The summed E-state index contributed by atoms with van der Waals surface area (Å²) in [6.07, 6.45) is 10.6. The molecule has 0 spiro atoms. The molecule has 1 heterocycles. The first kappa shape index (κ1) is 14.8. The van der Waals surface area contributed by atoms with Crippen molar-refractivity contribution in [1.29, 1.82) is 0 Å². The molecule has 116 valence electrons. The summed E-state index contributed by atoms with van der Waals surface area (Å²) in [5, 5.41) is 10.1. The lowest BCUT2D eigenvalue weighted by molar-refractivity contribution is 0.0943. The Labute approximate surface area is 129 Å². The molecule has 0 aliphatic heterocycles. The van der Waals surface area contributed by atoms with Crippen LogP contribution in [0.2, 0.25) is 0 Å². The Morgan fingerprint density at radius 3 is 2.76 bits per heavy atom. The molecule has 0 bridgehead atoms. The highest BCUT2D eigenvalue weighted by molar-refractivity contribution is 8.00. The van der Waals surface area contributed by atoms with Gasteiger partial charge in [0, 0.05) is 17.2 Å². The van der Waals surface area contributed by atoms with Crippen molar-refractivity contribution in [2.75, 3.05) is 18.5 Å². The molecule has 0 unspecified atom stereocenters. The number of rotatable bonds is 5. The van der Waals surface area contributed by atoms with Gasteiger partial charge in [-0.3, -0.25) is 9.89 Å². The van der Waals surface area contributed by atoms with Gasteiger partial charge >= 0.3 is 0 Å². The minimum absolute atomic E-state index is 0.144. The summed E-state index contributed by atoms with van der Waals surface area (Å²) < 4.78 is 0.193. The molecule has 2 saturated carbocycles. The average Bonchev–Trinajstić information content (AvgIpc) is 3.28. The van der Waals surface area contributed by atoms with Gasteiger partial charge in [0.1, 0.15) is 0 Å². The van der Waals surface area contributed by atoms with Crippen LogP contribution in [0.3, 0.4) is 0 Å². The average molecular weight is 308 g/mol. The van der Waals surface area contributed by atoms with Gasteiger partial charge < -0.3 is 11.1 Å². The van der Waals surface area contributed by atoms with Crippen LogP contribution in [0.5, 0.6) is 0 Å². The highest BCUT2D eigenvalue weighted by Gasteiger charge is 2.33. The molecular formula is C15H24N4OS. The number of carbonyl (C=O) groups excluding carboxylic acids is 1. The van der Waals surface area contributed by atoms with Gasteiger partial charge in [0.25, 0.3) is 5.91 Å². The molecule has 0 saturated heterocycles. The first-order chi connectivity index (χ1) is 10.2. The second-order valence-electron chi connectivity index (χ2n) is 6.30. The van der Waals surface area contributed by atoms with Crippen molar-refractivity contribution in [3.05, 3.63) is 11.4 Å². The number of nitrogens with zero attached hydrogens (tertiary/aromatic N) is 1. The SMILES string of the molecule is CSC1(CNC(=O)c2n[nH]c(C3CC3)c2N)CCCCC1. The van der Waals surface area contributed by atoms with E-state index in [1.807, 2.05) is 11.8 Å². The van der Waals surface area contributed by atoms with E-state index in [2.05, 4.69) is 21.8 Å². The van der Waals surface area contributed by atoms with Gasteiger partial charge in [-0.15, -0.1) is 0 Å². The fourth-order valence-electron chi connectivity index (χ4n) is 3.19. The highest BCUT2D eigenvalue weighted by atomic mass is 32.2. The lowest BCUT2D eigenvalue weighted by atomic mass is 9.88. The van der Waals surface area contributed by atoms with Crippen molar-refractivity contribution in [3.8, 4) is 0 Å². The van der Waals surface area contributed by atoms with E-state index in [-0.39, 0.29) is 10.7 Å². The van der Waals surface area contributed by atoms with Crippen molar-refractivity contribution < 1.29 is 4.79 Å². The first-order valence-electron chi connectivity index (χ1n) is 7.82. The molecule has 6 heteroatoms. The third kappa shape index (κ3) is 3.05. The van der Waals surface area contributed by atoms with E-state index in [1.54, 1.807) is 0 Å². The van der Waals surface area contributed by atoms with Crippen molar-refractivity contribution in [1.82, 2.24) is 15.5 Å². The first-order valence-corrected chi connectivity index (χ1v) is 9.05. The zero-order chi connectivity index (χ0) is 14.9. The van der Waals surface area contributed by atoms with Crippen LogP contribution in [-0.2, 0) is 0 Å². The van der Waals surface area contributed by atoms with Crippen LogP contribution >= 0.6 is 11.8 Å².